The lowest BCUT2D eigenvalue weighted by Gasteiger charge is -2.38. The van der Waals surface area contributed by atoms with Gasteiger partial charge in [-0.25, -0.2) is 4.98 Å². The highest BCUT2D eigenvalue weighted by Gasteiger charge is 2.22. The number of rotatable bonds is 3. The first-order chi connectivity index (χ1) is 10.2. The summed E-state index contributed by atoms with van der Waals surface area (Å²) in [5, 5.41) is 0.797. The third-order valence-corrected chi connectivity index (χ3v) is 4.44. The van der Waals surface area contributed by atoms with Crippen molar-refractivity contribution in [3.8, 4) is 0 Å². The molecule has 1 fully saturated rings. The first kappa shape index (κ1) is 14.4. The van der Waals surface area contributed by atoms with E-state index < -0.39 is 0 Å². The van der Waals surface area contributed by atoms with E-state index in [-0.39, 0.29) is 0 Å². The van der Waals surface area contributed by atoms with Gasteiger partial charge in [0.2, 0.25) is 0 Å². The van der Waals surface area contributed by atoms with Crippen molar-refractivity contribution >= 4 is 17.4 Å². The SMILES string of the molecule is CC(c1ccc(Cl)cc1)N1CCN(c2ccccn2)CC1. The zero-order chi connectivity index (χ0) is 14.7. The highest BCUT2D eigenvalue weighted by Crippen LogP contribution is 2.24. The van der Waals surface area contributed by atoms with Crippen LogP contribution in [0.3, 0.4) is 0 Å². The summed E-state index contributed by atoms with van der Waals surface area (Å²) < 4.78 is 0. The van der Waals surface area contributed by atoms with Crippen LogP contribution in [0.15, 0.2) is 48.7 Å². The number of nitrogens with zero attached hydrogens (tertiary/aromatic N) is 3. The molecule has 3 rings (SSSR count). The second-order valence-corrected chi connectivity index (χ2v) is 5.87. The molecule has 1 aromatic carbocycles. The lowest BCUT2D eigenvalue weighted by atomic mass is 10.1. The molecule has 0 radical (unpaired) electrons. The van der Waals surface area contributed by atoms with Gasteiger partial charge in [0.15, 0.2) is 0 Å². The van der Waals surface area contributed by atoms with Crippen LogP contribution in [-0.4, -0.2) is 36.1 Å². The van der Waals surface area contributed by atoms with E-state index in [1.54, 1.807) is 0 Å². The van der Waals surface area contributed by atoms with Crippen molar-refractivity contribution in [2.24, 2.45) is 0 Å². The van der Waals surface area contributed by atoms with E-state index in [2.05, 4.69) is 39.9 Å². The topological polar surface area (TPSA) is 19.4 Å². The highest BCUT2D eigenvalue weighted by atomic mass is 35.5. The molecule has 1 saturated heterocycles. The number of piperazine rings is 1. The van der Waals surface area contributed by atoms with Crippen molar-refractivity contribution in [1.29, 1.82) is 0 Å². The Kier molecular flexibility index (Phi) is 4.42. The Hall–Kier alpha value is -1.58. The number of hydrogen-bond acceptors (Lipinski definition) is 3. The van der Waals surface area contributed by atoms with Gasteiger partial charge in [-0.15, -0.1) is 0 Å². The molecule has 110 valence electrons. The average Bonchev–Trinajstić information content (AvgIpc) is 2.56. The van der Waals surface area contributed by atoms with Crippen LogP contribution in [0.1, 0.15) is 18.5 Å². The second-order valence-electron chi connectivity index (χ2n) is 5.44. The average molecular weight is 302 g/mol. The fourth-order valence-corrected chi connectivity index (χ4v) is 2.96. The molecule has 1 atom stereocenters. The summed E-state index contributed by atoms with van der Waals surface area (Å²) in [7, 11) is 0. The zero-order valence-electron chi connectivity index (χ0n) is 12.2. The molecule has 21 heavy (non-hydrogen) atoms. The van der Waals surface area contributed by atoms with Crippen LogP contribution in [0.4, 0.5) is 5.82 Å². The standard InChI is InChI=1S/C17H20ClN3/c1-14(15-5-7-16(18)8-6-15)20-10-12-21(13-11-20)17-4-2-3-9-19-17/h2-9,14H,10-13H2,1H3. The minimum Gasteiger partial charge on any atom is -0.354 e. The third-order valence-electron chi connectivity index (χ3n) is 4.19. The van der Waals surface area contributed by atoms with Gasteiger partial charge < -0.3 is 4.90 Å². The van der Waals surface area contributed by atoms with Crippen LogP contribution in [0.25, 0.3) is 0 Å². The Morgan fingerprint density at radius 1 is 1.00 bits per heavy atom. The molecule has 1 unspecified atom stereocenters. The summed E-state index contributed by atoms with van der Waals surface area (Å²) in [4.78, 5) is 9.30. The zero-order valence-corrected chi connectivity index (χ0v) is 13.0. The molecule has 0 bridgehead atoms. The summed E-state index contributed by atoms with van der Waals surface area (Å²) in [6.07, 6.45) is 1.86. The molecule has 0 aliphatic carbocycles. The maximum Gasteiger partial charge on any atom is 0.128 e. The molecular weight excluding hydrogens is 282 g/mol. The van der Waals surface area contributed by atoms with E-state index in [0.717, 1.165) is 37.0 Å². The molecule has 0 spiro atoms. The van der Waals surface area contributed by atoms with E-state index >= 15 is 0 Å². The smallest absolute Gasteiger partial charge is 0.128 e. The van der Waals surface area contributed by atoms with Crippen LogP contribution < -0.4 is 4.90 Å². The van der Waals surface area contributed by atoms with Crippen LogP contribution in [-0.2, 0) is 0 Å². The predicted molar refractivity (Wildman–Crippen MR) is 87.9 cm³/mol. The van der Waals surface area contributed by atoms with Gasteiger partial charge in [0.05, 0.1) is 0 Å². The maximum atomic E-state index is 5.96. The molecule has 0 amide bonds. The number of halogens is 1. The second kappa shape index (κ2) is 6.46. The largest absolute Gasteiger partial charge is 0.354 e. The number of pyridine rings is 1. The third kappa shape index (κ3) is 3.36. The van der Waals surface area contributed by atoms with Gasteiger partial charge in [-0.1, -0.05) is 29.8 Å². The van der Waals surface area contributed by atoms with Crippen molar-refractivity contribution in [1.82, 2.24) is 9.88 Å². The number of aromatic nitrogens is 1. The van der Waals surface area contributed by atoms with Crippen molar-refractivity contribution in [2.75, 3.05) is 31.1 Å². The summed E-state index contributed by atoms with van der Waals surface area (Å²) >= 11 is 5.96. The highest BCUT2D eigenvalue weighted by molar-refractivity contribution is 6.30. The first-order valence-electron chi connectivity index (χ1n) is 7.39. The fraction of sp³-hybridized carbons (Fsp3) is 0.353. The molecule has 0 N–H and O–H groups in total. The molecule has 4 heteroatoms. The Balaban J connectivity index is 1.61. The predicted octanol–water partition coefficient (Wildman–Crippen LogP) is 3.62. The maximum absolute atomic E-state index is 5.96. The van der Waals surface area contributed by atoms with E-state index in [1.807, 2.05) is 30.5 Å². The Morgan fingerprint density at radius 3 is 2.33 bits per heavy atom. The van der Waals surface area contributed by atoms with E-state index in [4.69, 9.17) is 11.6 Å². The monoisotopic (exact) mass is 301 g/mol. The van der Waals surface area contributed by atoms with Crippen molar-refractivity contribution in [3.05, 3.63) is 59.2 Å². The van der Waals surface area contributed by atoms with Crippen LogP contribution in [0.5, 0.6) is 0 Å². The van der Waals surface area contributed by atoms with Crippen LogP contribution in [0, 0.1) is 0 Å². The Bertz CT molecular complexity index is 562. The molecule has 1 aliphatic rings. The first-order valence-corrected chi connectivity index (χ1v) is 7.77. The summed E-state index contributed by atoms with van der Waals surface area (Å²) in [5.74, 6) is 1.08. The van der Waals surface area contributed by atoms with Gasteiger partial charge in [0.1, 0.15) is 5.82 Å². The Labute approximate surface area is 131 Å². The van der Waals surface area contributed by atoms with Gasteiger partial charge in [-0.3, -0.25) is 4.90 Å². The summed E-state index contributed by atoms with van der Waals surface area (Å²) in [5.41, 5.74) is 1.32. The van der Waals surface area contributed by atoms with Gasteiger partial charge in [-0.05, 0) is 36.8 Å². The quantitative estimate of drug-likeness (QED) is 0.863. The number of hydrogen-bond donors (Lipinski definition) is 0. The van der Waals surface area contributed by atoms with Gasteiger partial charge in [-0.2, -0.15) is 0 Å². The van der Waals surface area contributed by atoms with Gasteiger partial charge in [0, 0.05) is 43.4 Å². The summed E-state index contributed by atoms with van der Waals surface area (Å²) in [6, 6.07) is 14.7. The lowest BCUT2D eigenvalue weighted by molar-refractivity contribution is 0.198. The van der Waals surface area contributed by atoms with Crippen molar-refractivity contribution < 1.29 is 0 Å². The van der Waals surface area contributed by atoms with E-state index in [0.29, 0.717) is 6.04 Å². The molecule has 3 nitrogen and oxygen atoms in total. The normalized spacial score (nSPS) is 17.7. The molecule has 0 saturated carbocycles. The van der Waals surface area contributed by atoms with E-state index in [1.165, 1.54) is 5.56 Å². The van der Waals surface area contributed by atoms with Crippen molar-refractivity contribution in [3.63, 3.8) is 0 Å². The fourth-order valence-electron chi connectivity index (χ4n) is 2.83. The minimum absolute atomic E-state index is 0.424. The molecule has 1 aliphatic heterocycles. The van der Waals surface area contributed by atoms with Crippen molar-refractivity contribution in [2.45, 2.75) is 13.0 Å². The Morgan fingerprint density at radius 2 is 1.71 bits per heavy atom. The van der Waals surface area contributed by atoms with E-state index in [9.17, 15) is 0 Å². The number of benzene rings is 1. The van der Waals surface area contributed by atoms with Gasteiger partial charge in [0.25, 0.3) is 0 Å². The van der Waals surface area contributed by atoms with Gasteiger partial charge >= 0.3 is 0 Å². The molecular formula is C17H20ClN3. The lowest BCUT2D eigenvalue weighted by Crippen LogP contribution is -2.47. The number of anilines is 1. The molecule has 2 heterocycles. The van der Waals surface area contributed by atoms with Crippen LogP contribution in [0.2, 0.25) is 5.02 Å². The molecule has 1 aromatic heterocycles. The molecule has 2 aromatic rings. The summed E-state index contributed by atoms with van der Waals surface area (Å²) in [6.45, 7) is 6.42. The van der Waals surface area contributed by atoms with Crippen LogP contribution >= 0.6 is 11.6 Å². The minimum atomic E-state index is 0.424.